The van der Waals surface area contributed by atoms with E-state index in [1.165, 1.54) is 0 Å². The third-order valence-corrected chi connectivity index (χ3v) is 2.10. The van der Waals surface area contributed by atoms with Crippen molar-refractivity contribution >= 4 is 10.4 Å². The van der Waals surface area contributed by atoms with Crippen LogP contribution in [0.4, 0.5) is 0 Å². The molecule has 0 aliphatic carbocycles. The summed E-state index contributed by atoms with van der Waals surface area (Å²) in [7, 11) is -2.75. The normalized spacial score (nSPS) is 25.7. The van der Waals surface area contributed by atoms with E-state index in [1.54, 1.807) is 0 Å². The van der Waals surface area contributed by atoms with Gasteiger partial charge in [0.25, 0.3) is 0 Å². The van der Waals surface area contributed by atoms with Gasteiger partial charge in [-0.15, -0.1) is 0 Å². The highest BCUT2D eigenvalue weighted by Gasteiger charge is 2.21. The van der Waals surface area contributed by atoms with Crippen molar-refractivity contribution in [3.8, 4) is 0 Å². The SMILES string of the molecule is COS(=O)(=O)OC1CNCN1. The fourth-order valence-electron chi connectivity index (χ4n) is 0.711. The average Bonchev–Trinajstić information content (AvgIpc) is 2.39. The maximum Gasteiger partial charge on any atom is 0.401 e. The number of nitrogens with one attached hydrogen (secondary N) is 2. The average molecular weight is 182 g/mol. The Kier molecular flexibility index (Phi) is 2.79. The lowest BCUT2D eigenvalue weighted by molar-refractivity contribution is 0.167. The van der Waals surface area contributed by atoms with Gasteiger partial charge in [0.2, 0.25) is 0 Å². The van der Waals surface area contributed by atoms with Crippen LogP contribution in [0.1, 0.15) is 0 Å². The molecule has 2 N–H and O–H groups in total. The maximum absolute atomic E-state index is 10.6. The lowest BCUT2D eigenvalue weighted by Gasteiger charge is -2.08. The molecule has 0 saturated carbocycles. The van der Waals surface area contributed by atoms with E-state index in [0.29, 0.717) is 13.2 Å². The monoisotopic (exact) mass is 182 g/mol. The fraction of sp³-hybridized carbons (Fsp3) is 1.00. The molecule has 66 valence electrons. The van der Waals surface area contributed by atoms with Crippen molar-refractivity contribution in [2.45, 2.75) is 6.23 Å². The third kappa shape index (κ3) is 2.72. The van der Waals surface area contributed by atoms with Crippen molar-refractivity contribution in [1.29, 1.82) is 0 Å². The summed E-state index contributed by atoms with van der Waals surface area (Å²) in [6, 6.07) is 0. The van der Waals surface area contributed by atoms with Crippen LogP contribution in [0.15, 0.2) is 0 Å². The van der Waals surface area contributed by atoms with Gasteiger partial charge in [0.1, 0.15) is 6.23 Å². The van der Waals surface area contributed by atoms with Crippen molar-refractivity contribution in [2.75, 3.05) is 20.3 Å². The molecule has 11 heavy (non-hydrogen) atoms. The Morgan fingerprint density at radius 3 is 2.73 bits per heavy atom. The highest BCUT2D eigenvalue weighted by Crippen LogP contribution is 1.99. The van der Waals surface area contributed by atoms with Gasteiger partial charge in [-0.1, -0.05) is 0 Å². The molecule has 0 spiro atoms. The van der Waals surface area contributed by atoms with E-state index in [2.05, 4.69) is 19.0 Å². The molecule has 1 unspecified atom stereocenters. The topological polar surface area (TPSA) is 76.7 Å². The van der Waals surface area contributed by atoms with Gasteiger partial charge in [0.15, 0.2) is 0 Å². The number of hydrogen-bond acceptors (Lipinski definition) is 6. The summed E-state index contributed by atoms with van der Waals surface area (Å²) < 4.78 is 29.9. The van der Waals surface area contributed by atoms with Crippen LogP contribution in [-0.4, -0.2) is 35.0 Å². The first kappa shape index (κ1) is 8.88. The number of rotatable bonds is 3. The predicted molar refractivity (Wildman–Crippen MR) is 36.8 cm³/mol. The van der Waals surface area contributed by atoms with E-state index in [1.807, 2.05) is 0 Å². The summed E-state index contributed by atoms with van der Waals surface area (Å²) in [5, 5.41) is 5.62. The van der Waals surface area contributed by atoms with Gasteiger partial charge in [0, 0.05) is 13.2 Å². The smallest absolute Gasteiger partial charge is 0.300 e. The first-order chi connectivity index (χ1) is 5.14. The highest BCUT2D eigenvalue weighted by atomic mass is 32.3. The van der Waals surface area contributed by atoms with Crippen LogP contribution in [0, 0.1) is 0 Å². The van der Waals surface area contributed by atoms with Crippen molar-refractivity contribution in [2.24, 2.45) is 0 Å². The Balaban J connectivity index is 2.41. The van der Waals surface area contributed by atoms with E-state index >= 15 is 0 Å². The van der Waals surface area contributed by atoms with Crippen LogP contribution in [0.3, 0.4) is 0 Å². The predicted octanol–water partition coefficient (Wildman–Crippen LogP) is -1.63. The third-order valence-electron chi connectivity index (χ3n) is 1.22. The quantitative estimate of drug-likeness (QED) is 0.546. The van der Waals surface area contributed by atoms with E-state index < -0.39 is 16.6 Å². The standard InChI is InChI=1S/C4H10N2O4S/c1-9-11(7,8)10-4-2-5-3-6-4/h4-6H,2-3H2,1H3. The molecule has 1 aliphatic heterocycles. The Morgan fingerprint density at radius 1 is 1.55 bits per heavy atom. The summed E-state index contributed by atoms with van der Waals surface area (Å²) in [4.78, 5) is 0. The summed E-state index contributed by atoms with van der Waals surface area (Å²) >= 11 is 0. The van der Waals surface area contributed by atoms with E-state index in [9.17, 15) is 8.42 Å². The van der Waals surface area contributed by atoms with Crippen LogP contribution in [0.2, 0.25) is 0 Å². The molecule has 0 amide bonds. The molecule has 1 saturated heterocycles. The van der Waals surface area contributed by atoms with Crippen LogP contribution < -0.4 is 10.6 Å². The Labute approximate surface area is 65.2 Å². The number of hydrogen-bond donors (Lipinski definition) is 2. The molecule has 0 bridgehead atoms. The minimum Gasteiger partial charge on any atom is -0.300 e. The summed E-state index contributed by atoms with van der Waals surface area (Å²) in [5.41, 5.74) is 0. The van der Waals surface area contributed by atoms with Gasteiger partial charge in [-0.25, -0.2) is 4.18 Å². The van der Waals surface area contributed by atoms with Gasteiger partial charge in [-0.3, -0.25) is 9.50 Å². The molecule has 0 aromatic heterocycles. The minimum atomic E-state index is -3.81. The lowest BCUT2D eigenvalue weighted by Crippen LogP contribution is -2.30. The molecule has 7 heteroatoms. The molecule has 1 rings (SSSR count). The summed E-state index contributed by atoms with van der Waals surface area (Å²) in [6.45, 7) is 1.01. The second kappa shape index (κ2) is 3.46. The maximum atomic E-state index is 10.6. The Morgan fingerprint density at radius 2 is 2.27 bits per heavy atom. The molecule has 1 atom stereocenters. The molecule has 1 fully saturated rings. The van der Waals surface area contributed by atoms with Crippen molar-refractivity contribution in [3.05, 3.63) is 0 Å². The molecule has 1 heterocycles. The second-order valence-corrected chi connectivity index (χ2v) is 3.34. The summed E-state index contributed by atoms with van der Waals surface area (Å²) in [5.74, 6) is 0. The zero-order chi connectivity index (χ0) is 8.32. The van der Waals surface area contributed by atoms with Crippen LogP contribution >= 0.6 is 0 Å². The van der Waals surface area contributed by atoms with Gasteiger partial charge in [-0.2, -0.15) is 8.42 Å². The van der Waals surface area contributed by atoms with Crippen LogP contribution in [0.5, 0.6) is 0 Å². The first-order valence-electron chi connectivity index (χ1n) is 3.07. The van der Waals surface area contributed by atoms with E-state index in [4.69, 9.17) is 0 Å². The van der Waals surface area contributed by atoms with Crippen LogP contribution in [-0.2, 0) is 18.8 Å². The zero-order valence-electron chi connectivity index (χ0n) is 6.03. The fourth-order valence-corrected chi connectivity index (χ4v) is 1.21. The van der Waals surface area contributed by atoms with Crippen molar-refractivity contribution in [1.82, 2.24) is 10.6 Å². The van der Waals surface area contributed by atoms with Gasteiger partial charge >= 0.3 is 10.4 Å². The van der Waals surface area contributed by atoms with Crippen LogP contribution in [0.25, 0.3) is 0 Å². The van der Waals surface area contributed by atoms with Gasteiger partial charge in [0.05, 0.1) is 7.11 Å². The minimum absolute atomic E-state index is 0.461. The molecular formula is C4H10N2O4S. The molecule has 0 aromatic rings. The van der Waals surface area contributed by atoms with Crippen molar-refractivity contribution < 1.29 is 16.8 Å². The molecular weight excluding hydrogens is 172 g/mol. The Hall–Kier alpha value is -0.210. The summed E-state index contributed by atoms with van der Waals surface area (Å²) in [6.07, 6.45) is -0.514. The second-order valence-electron chi connectivity index (χ2n) is 1.99. The van der Waals surface area contributed by atoms with Crippen molar-refractivity contribution in [3.63, 3.8) is 0 Å². The molecule has 0 radical (unpaired) electrons. The van der Waals surface area contributed by atoms with E-state index in [0.717, 1.165) is 7.11 Å². The Bertz CT molecular complexity index is 208. The largest absolute Gasteiger partial charge is 0.401 e. The van der Waals surface area contributed by atoms with E-state index in [-0.39, 0.29) is 0 Å². The molecule has 1 aliphatic rings. The zero-order valence-corrected chi connectivity index (χ0v) is 6.85. The highest BCUT2D eigenvalue weighted by molar-refractivity contribution is 7.81. The molecule has 0 aromatic carbocycles. The lowest BCUT2D eigenvalue weighted by atomic mass is 10.6. The first-order valence-corrected chi connectivity index (χ1v) is 4.40. The molecule has 6 nitrogen and oxygen atoms in total. The van der Waals surface area contributed by atoms with Gasteiger partial charge in [-0.05, 0) is 0 Å². The van der Waals surface area contributed by atoms with Gasteiger partial charge < -0.3 is 5.32 Å².